The molecule has 0 spiro atoms. The van der Waals surface area contributed by atoms with E-state index in [1.54, 1.807) is 23.5 Å². The van der Waals surface area contributed by atoms with Crippen LogP contribution in [0.3, 0.4) is 0 Å². The van der Waals surface area contributed by atoms with E-state index < -0.39 is 5.97 Å². The average Bonchev–Trinajstić information content (AvgIpc) is 3.08. The molecule has 1 heterocycles. The number of hydrogen-bond acceptors (Lipinski definition) is 4. The Morgan fingerprint density at radius 2 is 2.08 bits per heavy atom. The van der Waals surface area contributed by atoms with Gasteiger partial charge in [0.1, 0.15) is 5.75 Å². The minimum Gasteiger partial charge on any atom is -0.496 e. The number of carboxylic acid groups (broad SMARTS) is 1. The lowest BCUT2D eigenvalue weighted by molar-refractivity contribution is -0.121. The van der Waals surface area contributed by atoms with Gasteiger partial charge in [-0.05, 0) is 48.4 Å². The van der Waals surface area contributed by atoms with Gasteiger partial charge in [-0.15, -0.1) is 11.3 Å². The predicted molar refractivity (Wildman–Crippen MR) is 93.9 cm³/mol. The molecule has 0 unspecified atom stereocenters. The molecular formula is C18H21NO4S. The third-order valence-corrected chi connectivity index (χ3v) is 4.59. The summed E-state index contributed by atoms with van der Waals surface area (Å²) in [6, 6.07) is 8.87. The molecule has 1 aromatic heterocycles. The van der Waals surface area contributed by atoms with Gasteiger partial charge in [0.2, 0.25) is 5.91 Å². The van der Waals surface area contributed by atoms with Gasteiger partial charge in [-0.25, -0.2) is 4.79 Å². The predicted octanol–water partition coefficient (Wildman–Crippen LogP) is 3.14. The lowest BCUT2D eigenvalue weighted by Gasteiger charge is -2.10. The summed E-state index contributed by atoms with van der Waals surface area (Å²) < 4.78 is 5.23. The maximum absolute atomic E-state index is 11.8. The average molecular weight is 347 g/mol. The van der Waals surface area contributed by atoms with E-state index >= 15 is 0 Å². The molecule has 1 aromatic carbocycles. The fourth-order valence-electron chi connectivity index (χ4n) is 2.39. The molecule has 1 amide bonds. The minimum absolute atomic E-state index is 0.0349. The molecule has 0 bridgehead atoms. The number of carbonyl (C=O) groups is 2. The highest BCUT2D eigenvalue weighted by molar-refractivity contribution is 7.09. The summed E-state index contributed by atoms with van der Waals surface area (Å²) in [6.07, 6.45) is 2.87. The number of benzene rings is 1. The molecule has 0 aliphatic carbocycles. The van der Waals surface area contributed by atoms with E-state index in [-0.39, 0.29) is 11.5 Å². The van der Waals surface area contributed by atoms with E-state index in [0.717, 1.165) is 18.4 Å². The smallest absolute Gasteiger partial charge is 0.335 e. The van der Waals surface area contributed by atoms with Crippen molar-refractivity contribution in [2.45, 2.75) is 25.7 Å². The molecule has 0 radical (unpaired) electrons. The highest BCUT2D eigenvalue weighted by atomic mass is 32.1. The molecule has 2 aromatic rings. The van der Waals surface area contributed by atoms with Crippen LogP contribution in [0, 0.1) is 0 Å². The molecule has 5 nitrogen and oxygen atoms in total. The number of nitrogens with one attached hydrogen (secondary N) is 1. The van der Waals surface area contributed by atoms with Crippen LogP contribution in [-0.2, 0) is 17.6 Å². The normalized spacial score (nSPS) is 10.4. The Morgan fingerprint density at radius 1 is 1.25 bits per heavy atom. The molecule has 0 saturated carbocycles. The Kier molecular flexibility index (Phi) is 6.81. The number of ether oxygens (including phenoxy) is 1. The molecule has 6 heteroatoms. The molecule has 0 aliphatic rings. The van der Waals surface area contributed by atoms with E-state index in [2.05, 4.69) is 11.4 Å². The molecule has 2 rings (SSSR count). The Morgan fingerprint density at radius 3 is 2.75 bits per heavy atom. The molecule has 0 fully saturated rings. The Bertz CT molecular complexity index is 682. The summed E-state index contributed by atoms with van der Waals surface area (Å²) in [6.45, 7) is 0.501. The summed E-state index contributed by atoms with van der Waals surface area (Å²) in [7, 11) is 1.51. The summed E-state index contributed by atoms with van der Waals surface area (Å²) in [5.74, 6) is -0.423. The molecular weight excluding hydrogens is 326 g/mol. The van der Waals surface area contributed by atoms with Crippen LogP contribution >= 0.6 is 11.3 Å². The Labute approximate surface area is 145 Å². The van der Waals surface area contributed by atoms with E-state index in [4.69, 9.17) is 9.84 Å². The third kappa shape index (κ3) is 5.38. The van der Waals surface area contributed by atoms with Gasteiger partial charge in [0.15, 0.2) is 0 Å². The topological polar surface area (TPSA) is 75.6 Å². The van der Waals surface area contributed by atoms with Gasteiger partial charge in [-0.3, -0.25) is 4.79 Å². The van der Waals surface area contributed by atoms with Crippen LogP contribution in [0.4, 0.5) is 0 Å². The molecule has 0 aliphatic heterocycles. The minimum atomic E-state index is -0.987. The standard InChI is InChI=1S/C18H21NO4S/c1-23-16-12-14(18(21)22)8-7-13(16)9-10-19-17(20)6-2-4-15-5-3-11-24-15/h3,5,7-8,11-12H,2,4,6,9-10H2,1H3,(H,19,20)(H,21,22). The first-order valence-corrected chi connectivity index (χ1v) is 8.67. The van der Waals surface area contributed by atoms with Crippen molar-refractivity contribution in [1.82, 2.24) is 5.32 Å². The second-order valence-corrected chi connectivity index (χ2v) is 6.40. The zero-order chi connectivity index (χ0) is 17.4. The SMILES string of the molecule is COc1cc(C(=O)O)ccc1CCNC(=O)CCCc1cccs1. The van der Waals surface area contributed by atoms with E-state index in [0.29, 0.717) is 25.1 Å². The van der Waals surface area contributed by atoms with Gasteiger partial charge in [-0.2, -0.15) is 0 Å². The fraction of sp³-hybridized carbons (Fsp3) is 0.333. The number of hydrogen-bond donors (Lipinski definition) is 2. The van der Waals surface area contributed by atoms with Crippen molar-refractivity contribution < 1.29 is 19.4 Å². The number of carbonyl (C=O) groups excluding carboxylic acids is 1. The second kappa shape index (κ2) is 9.08. The van der Waals surface area contributed by atoms with Gasteiger partial charge in [0.25, 0.3) is 0 Å². The zero-order valence-corrected chi connectivity index (χ0v) is 14.4. The number of rotatable bonds is 9. The van der Waals surface area contributed by atoms with Crippen LogP contribution in [0.5, 0.6) is 5.75 Å². The molecule has 0 atom stereocenters. The Balaban J connectivity index is 1.74. The van der Waals surface area contributed by atoms with E-state index in [9.17, 15) is 9.59 Å². The number of carboxylic acids is 1. The van der Waals surface area contributed by atoms with Crippen LogP contribution in [0.25, 0.3) is 0 Å². The first kappa shape index (κ1) is 18.0. The number of amides is 1. The van der Waals surface area contributed by atoms with Crippen LogP contribution < -0.4 is 10.1 Å². The van der Waals surface area contributed by atoms with Gasteiger partial charge >= 0.3 is 5.97 Å². The molecule has 2 N–H and O–H groups in total. The summed E-state index contributed by atoms with van der Waals surface area (Å²) in [5.41, 5.74) is 1.06. The Hall–Kier alpha value is -2.34. The quantitative estimate of drug-likeness (QED) is 0.731. The van der Waals surface area contributed by atoms with Crippen LogP contribution in [-0.4, -0.2) is 30.6 Å². The number of aryl methyl sites for hydroxylation is 1. The second-order valence-electron chi connectivity index (χ2n) is 5.36. The third-order valence-electron chi connectivity index (χ3n) is 3.66. The van der Waals surface area contributed by atoms with Crippen LogP contribution in [0.15, 0.2) is 35.7 Å². The van der Waals surface area contributed by atoms with E-state index in [1.165, 1.54) is 18.1 Å². The van der Waals surface area contributed by atoms with Gasteiger partial charge in [0, 0.05) is 17.8 Å². The van der Waals surface area contributed by atoms with Crippen molar-refractivity contribution in [2.75, 3.05) is 13.7 Å². The van der Waals surface area contributed by atoms with Crippen molar-refractivity contribution in [3.05, 3.63) is 51.7 Å². The highest BCUT2D eigenvalue weighted by Crippen LogP contribution is 2.20. The maximum Gasteiger partial charge on any atom is 0.335 e. The zero-order valence-electron chi connectivity index (χ0n) is 13.6. The first-order chi connectivity index (χ1) is 11.6. The fourth-order valence-corrected chi connectivity index (χ4v) is 3.14. The summed E-state index contributed by atoms with van der Waals surface area (Å²) >= 11 is 1.71. The largest absolute Gasteiger partial charge is 0.496 e. The number of methoxy groups -OCH3 is 1. The number of aromatic carboxylic acids is 1. The monoisotopic (exact) mass is 347 g/mol. The van der Waals surface area contributed by atoms with Crippen molar-refractivity contribution in [1.29, 1.82) is 0 Å². The molecule has 24 heavy (non-hydrogen) atoms. The van der Waals surface area contributed by atoms with Gasteiger partial charge < -0.3 is 15.2 Å². The van der Waals surface area contributed by atoms with E-state index in [1.807, 2.05) is 11.4 Å². The van der Waals surface area contributed by atoms with Crippen LogP contribution in [0.1, 0.15) is 33.6 Å². The van der Waals surface area contributed by atoms with Crippen molar-refractivity contribution in [3.63, 3.8) is 0 Å². The first-order valence-electron chi connectivity index (χ1n) is 7.79. The lowest BCUT2D eigenvalue weighted by Crippen LogP contribution is -2.25. The van der Waals surface area contributed by atoms with Crippen LogP contribution in [0.2, 0.25) is 0 Å². The maximum atomic E-state index is 11.8. The number of thiophene rings is 1. The summed E-state index contributed by atoms with van der Waals surface area (Å²) in [5, 5.41) is 13.9. The summed E-state index contributed by atoms with van der Waals surface area (Å²) in [4.78, 5) is 24.1. The molecule has 128 valence electrons. The highest BCUT2D eigenvalue weighted by Gasteiger charge is 2.09. The molecule has 0 saturated heterocycles. The van der Waals surface area contributed by atoms with Crippen molar-refractivity contribution in [3.8, 4) is 5.75 Å². The van der Waals surface area contributed by atoms with Crippen molar-refractivity contribution >= 4 is 23.2 Å². The van der Waals surface area contributed by atoms with Crippen molar-refractivity contribution in [2.24, 2.45) is 0 Å². The van der Waals surface area contributed by atoms with Gasteiger partial charge in [-0.1, -0.05) is 12.1 Å². The van der Waals surface area contributed by atoms with Gasteiger partial charge in [0.05, 0.1) is 12.7 Å². The lowest BCUT2D eigenvalue weighted by atomic mass is 10.1.